The van der Waals surface area contributed by atoms with Gasteiger partial charge in [0.1, 0.15) is 4.90 Å². The van der Waals surface area contributed by atoms with E-state index >= 15 is 0 Å². The third kappa shape index (κ3) is 6.55. The van der Waals surface area contributed by atoms with Crippen molar-refractivity contribution in [1.82, 2.24) is 9.21 Å². The number of piperidine rings is 1. The first-order chi connectivity index (χ1) is 16.7. The van der Waals surface area contributed by atoms with Gasteiger partial charge in [-0.2, -0.15) is 9.41 Å². The average molecular weight is 613 g/mol. The van der Waals surface area contributed by atoms with Crippen LogP contribution in [-0.2, 0) is 14.8 Å². The Kier molecular flexibility index (Phi) is 9.19. The molecule has 3 rings (SSSR count). The molecule has 0 unspecified atom stereocenters. The summed E-state index contributed by atoms with van der Waals surface area (Å²) < 4.78 is 29.5. The van der Waals surface area contributed by atoms with Crippen molar-refractivity contribution in [3.05, 3.63) is 61.7 Å². The van der Waals surface area contributed by atoms with Crippen LogP contribution in [-0.4, -0.2) is 60.8 Å². The maximum absolute atomic E-state index is 13.6. The Morgan fingerprint density at radius 1 is 1.26 bits per heavy atom. The molecule has 1 aliphatic heterocycles. The summed E-state index contributed by atoms with van der Waals surface area (Å²) in [5, 5.41) is 15.5. The Labute approximate surface area is 218 Å². The van der Waals surface area contributed by atoms with Gasteiger partial charge in [0.15, 0.2) is 0 Å². The van der Waals surface area contributed by atoms with Crippen LogP contribution in [0.5, 0.6) is 0 Å². The molecule has 1 amide bonds. The number of carbonyl (C=O) groups is 1. The standard InChI is InChI=1S/C23H28IN5O5S/c1-3-27(4-2)23(30)18-6-5-13-28(16-18)35(33,34)22-14-20(29(31)32)11-12-21(22)26-25-15-17-7-9-19(24)10-8-17/h7-12,14-15,18,26H,3-6,13,16H2,1-2H3/b25-15-/t18-/m1/s1. The van der Waals surface area contributed by atoms with Crippen molar-refractivity contribution in [2.75, 3.05) is 31.6 Å². The predicted octanol–water partition coefficient (Wildman–Crippen LogP) is 3.91. The smallest absolute Gasteiger partial charge is 0.270 e. The summed E-state index contributed by atoms with van der Waals surface area (Å²) in [4.78, 5) is 25.0. The summed E-state index contributed by atoms with van der Waals surface area (Å²) in [6.45, 7) is 5.14. The van der Waals surface area contributed by atoms with E-state index in [1.54, 1.807) is 4.90 Å². The zero-order valence-electron chi connectivity index (χ0n) is 19.6. The summed E-state index contributed by atoms with van der Waals surface area (Å²) in [6.07, 6.45) is 2.66. The molecule has 1 saturated heterocycles. The van der Waals surface area contributed by atoms with Gasteiger partial charge < -0.3 is 4.90 Å². The van der Waals surface area contributed by atoms with Gasteiger partial charge in [-0.3, -0.25) is 20.3 Å². The van der Waals surface area contributed by atoms with Crippen molar-refractivity contribution in [3.63, 3.8) is 0 Å². The van der Waals surface area contributed by atoms with Gasteiger partial charge in [0, 0.05) is 41.9 Å². The molecule has 2 aromatic rings. The molecule has 1 fully saturated rings. The molecule has 0 spiro atoms. The van der Waals surface area contributed by atoms with E-state index in [1.807, 2.05) is 38.1 Å². The Bertz CT molecular complexity index is 1200. The van der Waals surface area contributed by atoms with Crippen molar-refractivity contribution in [1.29, 1.82) is 0 Å². The lowest BCUT2D eigenvalue weighted by atomic mass is 9.98. The van der Waals surface area contributed by atoms with Crippen LogP contribution in [0.15, 0.2) is 52.5 Å². The molecule has 1 N–H and O–H groups in total. The molecular formula is C23H28IN5O5S. The molecule has 0 radical (unpaired) electrons. The summed E-state index contributed by atoms with van der Waals surface area (Å²) in [7, 11) is -4.13. The number of amides is 1. The van der Waals surface area contributed by atoms with Crippen LogP contribution in [0.25, 0.3) is 0 Å². The fourth-order valence-corrected chi connectivity index (χ4v) is 6.00. The minimum atomic E-state index is -4.13. The van der Waals surface area contributed by atoms with Crippen LogP contribution < -0.4 is 5.43 Å². The number of non-ortho nitro benzene ring substituents is 1. The number of anilines is 1. The summed E-state index contributed by atoms with van der Waals surface area (Å²) in [6, 6.07) is 11.1. The quantitative estimate of drug-likeness (QED) is 0.198. The molecule has 0 aliphatic carbocycles. The van der Waals surface area contributed by atoms with Crippen LogP contribution in [0.3, 0.4) is 0 Å². The van der Waals surface area contributed by atoms with Gasteiger partial charge in [-0.15, -0.1) is 0 Å². The first-order valence-electron chi connectivity index (χ1n) is 11.3. The second kappa shape index (κ2) is 11.9. The lowest BCUT2D eigenvalue weighted by molar-refractivity contribution is -0.385. The second-order valence-electron chi connectivity index (χ2n) is 8.07. The highest BCUT2D eigenvalue weighted by Gasteiger charge is 2.36. The number of sulfonamides is 1. The van der Waals surface area contributed by atoms with Crippen molar-refractivity contribution < 1.29 is 18.1 Å². The van der Waals surface area contributed by atoms with E-state index in [0.29, 0.717) is 25.9 Å². The fraction of sp³-hybridized carbons (Fsp3) is 0.391. The van der Waals surface area contributed by atoms with Gasteiger partial charge >= 0.3 is 0 Å². The average Bonchev–Trinajstić information content (AvgIpc) is 2.86. The normalized spacial score (nSPS) is 16.8. The van der Waals surface area contributed by atoms with Gasteiger partial charge in [-0.05, 0) is 73.0 Å². The van der Waals surface area contributed by atoms with E-state index in [4.69, 9.17) is 0 Å². The highest BCUT2D eigenvalue weighted by Crippen LogP contribution is 2.32. The van der Waals surface area contributed by atoms with E-state index in [1.165, 1.54) is 22.7 Å². The van der Waals surface area contributed by atoms with Crippen LogP contribution in [0.2, 0.25) is 0 Å². The molecule has 12 heteroatoms. The number of hydrogen-bond donors (Lipinski definition) is 1. The lowest BCUT2D eigenvalue weighted by Gasteiger charge is -2.34. The van der Waals surface area contributed by atoms with Crippen LogP contribution in [0.1, 0.15) is 32.3 Å². The number of rotatable bonds is 9. The van der Waals surface area contributed by atoms with Crippen molar-refractivity contribution in [2.24, 2.45) is 11.0 Å². The number of nitro benzene ring substituents is 1. The summed E-state index contributed by atoms with van der Waals surface area (Å²) >= 11 is 2.19. The molecule has 2 aromatic carbocycles. The first kappa shape index (κ1) is 27.0. The molecule has 35 heavy (non-hydrogen) atoms. The van der Waals surface area contributed by atoms with Crippen molar-refractivity contribution in [3.8, 4) is 0 Å². The Hall–Kier alpha value is -2.58. The van der Waals surface area contributed by atoms with Crippen LogP contribution in [0, 0.1) is 19.6 Å². The highest BCUT2D eigenvalue weighted by atomic mass is 127. The van der Waals surface area contributed by atoms with Gasteiger partial charge in [0.2, 0.25) is 15.9 Å². The Balaban J connectivity index is 1.90. The van der Waals surface area contributed by atoms with Crippen molar-refractivity contribution in [2.45, 2.75) is 31.6 Å². The Morgan fingerprint density at radius 3 is 2.57 bits per heavy atom. The molecule has 10 nitrogen and oxygen atoms in total. The number of benzene rings is 2. The molecule has 188 valence electrons. The maximum Gasteiger partial charge on any atom is 0.270 e. The summed E-state index contributed by atoms with van der Waals surface area (Å²) in [5.74, 6) is -0.526. The van der Waals surface area contributed by atoms with Gasteiger partial charge in [-0.25, -0.2) is 8.42 Å². The summed E-state index contributed by atoms with van der Waals surface area (Å²) in [5.41, 5.74) is 3.30. The number of carbonyl (C=O) groups excluding carboxylic acids is 1. The number of halogens is 1. The highest BCUT2D eigenvalue weighted by molar-refractivity contribution is 14.1. The SMILES string of the molecule is CCN(CC)C(=O)[C@@H]1CCCN(S(=O)(=O)c2cc([N+](=O)[O-])ccc2N/N=C\c2ccc(I)cc2)C1. The van der Waals surface area contributed by atoms with E-state index in [0.717, 1.165) is 15.2 Å². The fourth-order valence-electron chi connectivity index (χ4n) is 3.95. The predicted molar refractivity (Wildman–Crippen MR) is 143 cm³/mol. The van der Waals surface area contributed by atoms with E-state index in [2.05, 4.69) is 33.1 Å². The number of nitro groups is 1. The van der Waals surface area contributed by atoms with Crippen LogP contribution in [0.4, 0.5) is 11.4 Å². The minimum absolute atomic E-state index is 0.0334. The maximum atomic E-state index is 13.6. The van der Waals surface area contributed by atoms with Crippen molar-refractivity contribution >= 4 is 56.1 Å². The first-order valence-corrected chi connectivity index (χ1v) is 13.8. The zero-order valence-corrected chi connectivity index (χ0v) is 22.5. The van der Waals surface area contributed by atoms with Gasteiger partial charge in [0.05, 0.1) is 22.7 Å². The van der Waals surface area contributed by atoms with Crippen LogP contribution >= 0.6 is 22.6 Å². The molecular weight excluding hydrogens is 585 g/mol. The number of nitrogens with zero attached hydrogens (tertiary/aromatic N) is 4. The second-order valence-corrected chi connectivity index (χ2v) is 11.2. The number of nitrogens with one attached hydrogen (secondary N) is 1. The lowest BCUT2D eigenvalue weighted by Crippen LogP contribution is -2.46. The van der Waals surface area contributed by atoms with E-state index in [9.17, 15) is 23.3 Å². The minimum Gasteiger partial charge on any atom is -0.343 e. The molecule has 1 aliphatic rings. The molecule has 1 heterocycles. The third-order valence-corrected chi connectivity index (χ3v) is 8.50. The number of hydrogen-bond acceptors (Lipinski definition) is 7. The van der Waals surface area contributed by atoms with E-state index < -0.39 is 20.9 Å². The molecule has 0 aromatic heterocycles. The van der Waals surface area contributed by atoms with E-state index in [-0.39, 0.29) is 35.3 Å². The van der Waals surface area contributed by atoms with Gasteiger partial charge in [-0.1, -0.05) is 12.1 Å². The third-order valence-electron chi connectivity index (χ3n) is 5.87. The zero-order chi connectivity index (χ0) is 25.6. The monoisotopic (exact) mass is 613 g/mol. The molecule has 0 bridgehead atoms. The Morgan fingerprint density at radius 2 is 1.94 bits per heavy atom. The molecule has 0 saturated carbocycles. The van der Waals surface area contributed by atoms with Gasteiger partial charge in [0.25, 0.3) is 5.69 Å². The molecule has 1 atom stereocenters. The topological polar surface area (TPSA) is 125 Å². The largest absolute Gasteiger partial charge is 0.343 e. The number of hydrazone groups is 1.